The van der Waals surface area contributed by atoms with Crippen molar-refractivity contribution in [1.29, 1.82) is 0 Å². The van der Waals surface area contributed by atoms with E-state index in [4.69, 9.17) is 0 Å². The van der Waals surface area contributed by atoms with E-state index in [1.165, 1.54) is 11.1 Å². The molecule has 1 aromatic rings. The van der Waals surface area contributed by atoms with Gasteiger partial charge < -0.3 is 0 Å². The molecule has 0 aliphatic heterocycles. The van der Waals surface area contributed by atoms with Gasteiger partial charge >= 0.3 is 0 Å². The Morgan fingerprint density at radius 1 is 1.08 bits per heavy atom. The van der Waals surface area contributed by atoms with Crippen molar-refractivity contribution in [3.63, 3.8) is 0 Å². The molecule has 1 aromatic carbocycles. The molecule has 0 saturated carbocycles. The lowest BCUT2D eigenvalue weighted by atomic mass is 9.74. The Labute approximate surface area is 82.0 Å². The first-order valence-corrected chi connectivity index (χ1v) is 5.02. The Kier molecular flexibility index (Phi) is 2.80. The molecule has 1 rings (SSSR count). The van der Waals surface area contributed by atoms with Crippen LogP contribution in [-0.4, -0.2) is 0 Å². The van der Waals surface area contributed by atoms with Crippen LogP contribution in [0.5, 0.6) is 0 Å². The molecule has 13 heavy (non-hydrogen) atoms. The summed E-state index contributed by atoms with van der Waals surface area (Å²) >= 11 is 0. The Morgan fingerprint density at radius 2 is 1.62 bits per heavy atom. The van der Waals surface area contributed by atoms with E-state index in [-0.39, 0.29) is 5.41 Å². The first-order valence-electron chi connectivity index (χ1n) is 5.02. The molecule has 0 nitrogen and oxygen atoms in total. The molecule has 0 fully saturated rings. The maximum atomic E-state index is 2.32. The van der Waals surface area contributed by atoms with E-state index in [1.54, 1.807) is 0 Å². The molecular formula is C13H20. The average Bonchev–Trinajstić information content (AvgIpc) is 2.04. The van der Waals surface area contributed by atoms with E-state index in [0.29, 0.717) is 5.92 Å². The summed E-state index contributed by atoms with van der Waals surface area (Å²) in [5.74, 6) is 0.675. The van der Waals surface area contributed by atoms with Crippen LogP contribution in [0.2, 0.25) is 0 Å². The third-order valence-electron chi connectivity index (χ3n) is 3.28. The Morgan fingerprint density at radius 3 is 2.08 bits per heavy atom. The maximum absolute atomic E-state index is 2.32. The number of hydrogen-bond acceptors (Lipinski definition) is 0. The zero-order valence-corrected chi connectivity index (χ0v) is 9.39. The van der Waals surface area contributed by atoms with E-state index in [9.17, 15) is 0 Å². The molecule has 0 amide bonds. The second kappa shape index (κ2) is 3.53. The molecule has 0 radical (unpaired) electrons. The SMILES string of the molecule is Cc1ccccc1C(C)(C)C(C)C. The van der Waals surface area contributed by atoms with Crippen molar-refractivity contribution in [3.05, 3.63) is 35.4 Å². The van der Waals surface area contributed by atoms with Gasteiger partial charge in [0.1, 0.15) is 0 Å². The summed E-state index contributed by atoms with van der Waals surface area (Å²) in [6, 6.07) is 8.68. The van der Waals surface area contributed by atoms with Crippen molar-refractivity contribution in [2.45, 2.75) is 40.0 Å². The molecule has 72 valence electrons. The van der Waals surface area contributed by atoms with E-state index < -0.39 is 0 Å². The molecule has 0 aliphatic carbocycles. The molecule has 0 N–H and O–H groups in total. The van der Waals surface area contributed by atoms with Gasteiger partial charge in [-0.05, 0) is 29.4 Å². The number of rotatable bonds is 2. The van der Waals surface area contributed by atoms with Crippen molar-refractivity contribution < 1.29 is 0 Å². The van der Waals surface area contributed by atoms with Crippen LogP contribution in [0.4, 0.5) is 0 Å². The molecule has 0 heteroatoms. The normalized spacial score (nSPS) is 12.2. The van der Waals surface area contributed by atoms with Crippen molar-refractivity contribution in [3.8, 4) is 0 Å². The lowest BCUT2D eigenvalue weighted by Gasteiger charge is -2.31. The van der Waals surface area contributed by atoms with Gasteiger partial charge in [0.15, 0.2) is 0 Å². The minimum Gasteiger partial charge on any atom is -0.0620 e. The van der Waals surface area contributed by atoms with Crippen LogP contribution in [-0.2, 0) is 5.41 Å². The summed E-state index contributed by atoms with van der Waals surface area (Å²) in [6.07, 6.45) is 0. The van der Waals surface area contributed by atoms with Crippen LogP contribution in [0.3, 0.4) is 0 Å². The Balaban J connectivity index is 3.14. The predicted octanol–water partition coefficient (Wildman–Crippen LogP) is 3.93. The average molecular weight is 176 g/mol. The Bertz CT molecular complexity index is 282. The lowest BCUT2D eigenvalue weighted by molar-refractivity contribution is 0.370. The monoisotopic (exact) mass is 176 g/mol. The summed E-state index contributed by atoms with van der Waals surface area (Å²) < 4.78 is 0. The van der Waals surface area contributed by atoms with Gasteiger partial charge in [-0.25, -0.2) is 0 Å². The molecular weight excluding hydrogens is 156 g/mol. The zero-order valence-electron chi connectivity index (χ0n) is 9.39. The van der Waals surface area contributed by atoms with Crippen LogP contribution < -0.4 is 0 Å². The van der Waals surface area contributed by atoms with E-state index in [0.717, 1.165) is 0 Å². The maximum Gasteiger partial charge on any atom is -0.00779 e. The molecule has 0 atom stereocenters. The molecule has 0 unspecified atom stereocenters. The van der Waals surface area contributed by atoms with Crippen molar-refractivity contribution in [2.75, 3.05) is 0 Å². The molecule has 0 spiro atoms. The van der Waals surface area contributed by atoms with Crippen molar-refractivity contribution in [2.24, 2.45) is 5.92 Å². The highest BCUT2D eigenvalue weighted by atomic mass is 14.3. The van der Waals surface area contributed by atoms with E-state index in [1.807, 2.05) is 0 Å². The number of aryl methyl sites for hydroxylation is 1. The van der Waals surface area contributed by atoms with Gasteiger partial charge in [-0.1, -0.05) is 52.0 Å². The fourth-order valence-corrected chi connectivity index (χ4v) is 1.61. The molecule has 0 heterocycles. The molecule has 0 aliphatic rings. The summed E-state index contributed by atoms with van der Waals surface area (Å²) in [5.41, 5.74) is 3.16. The predicted molar refractivity (Wildman–Crippen MR) is 59.0 cm³/mol. The fraction of sp³-hybridized carbons (Fsp3) is 0.538. The summed E-state index contributed by atoms with van der Waals surface area (Å²) in [5, 5.41) is 0. The van der Waals surface area contributed by atoms with Gasteiger partial charge in [0.05, 0.1) is 0 Å². The first kappa shape index (κ1) is 10.3. The second-order valence-corrected chi connectivity index (χ2v) is 4.69. The zero-order chi connectivity index (χ0) is 10.1. The smallest absolute Gasteiger partial charge is 0.00779 e. The van der Waals surface area contributed by atoms with E-state index >= 15 is 0 Å². The first-order chi connectivity index (χ1) is 5.96. The van der Waals surface area contributed by atoms with Crippen LogP contribution in [0, 0.1) is 12.8 Å². The standard InChI is InChI=1S/C13H20/c1-10(2)13(4,5)12-9-7-6-8-11(12)3/h6-10H,1-5H3. The van der Waals surface area contributed by atoms with Gasteiger partial charge in [-0.15, -0.1) is 0 Å². The summed E-state index contributed by atoms with van der Waals surface area (Å²) in [4.78, 5) is 0. The topological polar surface area (TPSA) is 0 Å². The van der Waals surface area contributed by atoms with Gasteiger partial charge in [-0.2, -0.15) is 0 Å². The quantitative estimate of drug-likeness (QED) is 0.640. The van der Waals surface area contributed by atoms with Gasteiger partial charge in [0.2, 0.25) is 0 Å². The summed E-state index contributed by atoms with van der Waals surface area (Å²) in [6.45, 7) is 11.4. The number of hydrogen-bond donors (Lipinski definition) is 0. The highest BCUT2D eigenvalue weighted by Gasteiger charge is 2.25. The minimum absolute atomic E-state index is 0.283. The highest BCUT2D eigenvalue weighted by Crippen LogP contribution is 2.32. The van der Waals surface area contributed by atoms with Crippen molar-refractivity contribution in [1.82, 2.24) is 0 Å². The van der Waals surface area contributed by atoms with Gasteiger partial charge in [0, 0.05) is 0 Å². The highest BCUT2D eigenvalue weighted by molar-refractivity contribution is 5.32. The van der Waals surface area contributed by atoms with Gasteiger partial charge in [0.25, 0.3) is 0 Å². The van der Waals surface area contributed by atoms with E-state index in [2.05, 4.69) is 58.9 Å². The molecule has 0 bridgehead atoms. The minimum atomic E-state index is 0.283. The lowest BCUT2D eigenvalue weighted by Crippen LogP contribution is -2.25. The van der Waals surface area contributed by atoms with Crippen LogP contribution in [0.25, 0.3) is 0 Å². The molecule has 0 saturated heterocycles. The van der Waals surface area contributed by atoms with Crippen LogP contribution >= 0.6 is 0 Å². The van der Waals surface area contributed by atoms with Crippen molar-refractivity contribution >= 4 is 0 Å². The van der Waals surface area contributed by atoms with Crippen LogP contribution in [0.15, 0.2) is 24.3 Å². The second-order valence-electron chi connectivity index (χ2n) is 4.69. The largest absolute Gasteiger partial charge is 0.0620 e. The van der Waals surface area contributed by atoms with Gasteiger partial charge in [-0.3, -0.25) is 0 Å². The molecule has 0 aromatic heterocycles. The fourth-order valence-electron chi connectivity index (χ4n) is 1.61. The van der Waals surface area contributed by atoms with Crippen LogP contribution in [0.1, 0.15) is 38.8 Å². The third-order valence-corrected chi connectivity index (χ3v) is 3.28. The summed E-state index contributed by atoms with van der Waals surface area (Å²) in [7, 11) is 0. The Hall–Kier alpha value is -0.780. The number of benzene rings is 1. The third kappa shape index (κ3) is 1.93.